The van der Waals surface area contributed by atoms with E-state index in [9.17, 15) is 18.0 Å². The highest BCUT2D eigenvalue weighted by Crippen LogP contribution is 2.29. The third kappa shape index (κ3) is 7.31. The van der Waals surface area contributed by atoms with Crippen molar-refractivity contribution in [1.29, 1.82) is 0 Å². The molecule has 206 valence electrons. The fourth-order valence-corrected chi connectivity index (χ4v) is 6.56. The number of carbonyl (C=O) groups excluding carboxylic acids is 2. The fourth-order valence-electron chi connectivity index (χ4n) is 5.74. The van der Waals surface area contributed by atoms with Crippen LogP contribution in [-0.4, -0.2) is 99.1 Å². The number of piperazine rings is 1. The number of rotatable bonds is 3. The fraction of sp³-hybridized carbons (Fsp3) is 0.704. The Bertz CT molecular complexity index is 1050. The summed E-state index contributed by atoms with van der Waals surface area (Å²) in [7, 11) is -3.26. The lowest BCUT2D eigenvalue weighted by Crippen LogP contribution is -2.50. The molecule has 0 bridgehead atoms. The van der Waals surface area contributed by atoms with Gasteiger partial charge in [-0.2, -0.15) is 4.31 Å². The second-order valence-corrected chi connectivity index (χ2v) is 12.5. The van der Waals surface area contributed by atoms with Crippen LogP contribution < -0.4 is 4.90 Å². The van der Waals surface area contributed by atoms with Crippen LogP contribution in [0.3, 0.4) is 0 Å². The minimum absolute atomic E-state index is 0.0203. The van der Waals surface area contributed by atoms with Crippen molar-refractivity contribution in [2.24, 2.45) is 0 Å². The van der Waals surface area contributed by atoms with Gasteiger partial charge in [0.15, 0.2) is 0 Å². The Kier molecular flexibility index (Phi) is 9.61. The molecule has 1 aromatic carbocycles. The summed E-state index contributed by atoms with van der Waals surface area (Å²) in [5.74, 6) is -0.0686. The average Bonchev–Trinajstić information content (AvgIpc) is 2.88. The second-order valence-electron chi connectivity index (χ2n) is 10.6. The Hall–Kier alpha value is -2.01. The van der Waals surface area contributed by atoms with Crippen LogP contribution in [0.1, 0.15) is 67.8 Å². The van der Waals surface area contributed by atoms with Gasteiger partial charge in [-0.15, -0.1) is 0 Å². The molecule has 0 radical (unpaired) electrons. The van der Waals surface area contributed by atoms with Crippen molar-refractivity contribution < 1.29 is 22.7 Å². The number of hydrogen-bond donors (Lipinski definition) is 0. The van der Waals surface area contributed by atoms with Crippen molar-refractivity contribution in [3.63, 3.8) is 0 Å². The van der Waals surface area contributed by atoms with Crippen LogP contribution in [0.4, 0.5) is 5.69 Å². The van der Waals surface area contributed by atoms with Crippen LogP contribution in [-0.2, 0) is 26.1 Å². The lowest BCUT2D eigenvalue weighted by Gasteiger charge is -2.36. The van der Waals surface area contributed by atoms with Crippen molar-refractivity contribution in [3.8, 4) is 0 Å². The molecule has 2 saturated heterocycles. The number of hydrogen-bond acceptors (Lipinski definition) is 6. The predicted molar refractivity (Wildman–Crippen MR) is 144 cm³/mol. The minimum Gasteiger partial charge on any atom is -0.381 e. The molecule has 1 aromatic rings. The molecule has 2 fully saturated rings. The van der Waals surface area contributed by atoms with Crippen LogP contribution in [0.5, 0.6) is 0 Å². The third-order valence-corrected chi connectivity index (χ3v) is 9.20. The van der Waals surface area contributed by atoms with Gasteiger partial charge in [-0.3, -0.25) is 14.5 Å². The van der Waals surface area contributed by atoms with Crippen molar-refractivity contribution in [1.82, 2.24) is 14.1 Å². The van der Waals surface area contributed by atoms with E-state index in [1.165, 1.54) is 23.4 Å². The summed E-state index contributed by atoms with van der Waals surface area (Å²) in [6.45, 7) is 6.89. The molecular formula is C27H42N4O5S. The zero-order valence-electron chi connectivity index (χ0n) is 22.4. The molecule has 3 heterocycles. The monoisotopic (exact) mass is 534 g/mol. The van der Waals surface area contributed by atoms with Gasteiger partial charge in [0.2, 0.25) is 15.9 Å². The number of nitrogens with zero attached hydrogens (tertiary/aromatic N) is 4. The van der Waals surface area contributed by atoms with Gasteiger partial charge >= 0.3 is 0 Å². The third-order valence-electron chi connectivity index (χ3n) is 7.90. The molecule has 10 heteroatoms. The van der Waals surface area contributed by atoms with E-state index in [0.717, 1.165) is 63.1 Å². The molecule has 0 aliphatic carbocycles. The quantitative estimate of drug-likeness (QED) is 0.592. The van der Waals surface area contributed by atoms with Gasteiger partial charge in [-0.05, 0) is 56.0 Å². The standard InChI is InChI=1S/C27H42N4O5S/c1-22(32)31-13-7-5-3-4-6-12-29(25-10-18-36-19-11-25)21-24-20-23(8-9-26(24)31)27(33)28-14-16-30(17-15-28)37(2,34)35/h8-9,20,25H,3-7,10-19,21H2,1-2H3. The smallest absolute Gasteiger partial charge is 0.253 e. The Morgan fingerprint density at radius 1 is 0.892 bits per heavy atom. The zero-order valence-corrected chi connectivity index (χ0v) is 23.2. The number of benzene rings is 1. The van der Waals surface area contributed by atoms with E-state index in [1.54, 1.807) is 11.8 Å². The topological polar surface area (TPSA) is 90.5 Å². The first kappa shape index (κ1) is 28.0. The molecule has 4 rings (SSSR count). The van der Waals surface area contributed by atoms with Crippen molar-refractivity contribution >= 4 is 27.5 Å². The SMILES string of the molecule is CC(=O)N1CCCCCCCN(C2CCOCC2)Cc2cc(C(=O)N3CCN(S(C)(=O)=O)CC3)ccc21. The van der Waals surface area contributed by atoms with Gasteiger partial charge in [0, 0.05) is 76.7 Å². The lowest BCUT2D eigenvalue weighted by molar-refractivity contribution is -0.116. The largest absolute Gasteiger partial charge is 0.381 e. The van der Waals surface area contributed by atoms with Crippen molar-refractivity contribution in [3.05, 3.63) is 29.3 Å². The zero-order chi connectivity index (χ0) is 26.4. The summed E-state index contributed by atoms with van der Waals surface area (Å²) < 4.78 is 30.8. The number of ether oxygens (including phenoxy) is 1. The number of sulfonamides is 1. The molecule has 0 N–H and O–H groups in total. The average molecular weight is 535 g/mol. The number of amides is 2. The number of anilines is 1. The van der Waals surface area contributed by atoms with Crippen LogP contribution >= 0.6 is 0 Å². The minimum atomic E-state index is -3.26. The molecule has 0 saturated carbocycles. The maximum Gasteiger partial charge on any atom is 0.253 e. The molecule has 0 unspecified atom stereocenters. The number of carbonyl (C=O) groups is 2. The molecule has 9 nitrogen and oxygen atoms in total. The predicted octanol–water partition coefficient (Wildman–Crippen LogP) is 2.70. The van der Waals surface area contributed by atoms with Gasteiger partial charge in [0.05, 0.1) is 6.26 Å². The summed E-state index contributed by atoms with van der Waals surface area (Å²) in [5, 5.41) is 0. The Balaban J connectivity index is 1.62. The van der Waals surface area contributed by atoms with Gasteiger partial charge < -0.3 is 14.5 Å². The van der Waals surface area contributed by atoms with Crippen LogP contribution in [0.25, 0.3) is 0 Å². The summed E-state index contributed by atoms with van der Waals surface area (Å²) in [5.41, 5.74) is 2.49. The maximum absolute atomic E-state index is 13.5. The van der Waals surface area contributed by atoms with Crippen LogP contribution in [0, 0.1) is 0 Å². The van der Waals surface area contributed by atoms with E-state index in [-0.39, 0.29) is 11.8 Å². The first-order valence-electron chi connectivity index (χ1n) is 13.7. The van der Waals surface area contributed by atoms with E-state index in [1.807, 2.05) is 23.1 Å². The van der Waals surface area contributed by atoms with Crippen molar-refractivity contribution in [2.45, 2.75) is 64.5 Å². The van der Waals surface area contributed by atoms with Gasteiger partial charge in [0.1, 0.15) is 0 Å². The van der Waals surface area contributed by atoms with E-state index < -0.39 is 10.0 Å². The van der Waals surface area contributed by atoms with E-state index in [4.69, 9.17) is 4.74 Å². The van der Waals surface area contributed by atoms with Crippen LogP contribution in [0.2, 0.25) is 0 Å². The highest BCUT2D eigenvalue weighted by atomic mass is 32.2. The van der Waals surface area contributed by atoms with E-state index in [2.05, 4.69) is 4.90 Å². The lowest BCUT2D eigenvalue weighted by atomic mass is 10.0. The van der Waals surface area contributed by atoms with E-state index >= 15 is 0 Å². The van der Waals surface area contributed by atoms with Gasteiger partial charge in [0.25, 0.3) is 5.91 Å². The molecule has 3 aliphatic heterocycles. The summed E-state index contributed by atoms with van der Waals surface area (Å²) in [6.07, 6.45) is 8.78. The van der Waals surface area contributed by atoms with Gasteiger partial charge in [-0.25, -0.2) is 8.42 Å². The second kappa shape index (κ2) is 12.7. The maximum atomic E-state index is 13.5. The summed E-state index contributed by atoms with van der Waals surface area (Å²) >= 11 is 0. The van der Waals surface area contributed by atoms with Crippen molar-refractivity contribution in [2.75, 3.05) is 63.6 Å². The van der Waals surface area contributed by atoms with Crippen LogP contribution in [0.15, 0.2) is 18.2 Å². The normalized spacial score (nSPS) is 22.1. The molecule has 0 aromatic heterocycles. The molecule has 0 spiro atoms. The Morgan fingerprint density at radius 3 is 2.19 bits per heavy atom. The first-order valence-corrected chi connectivity index (χ1v) is 15.6. The van der Waals surface area contributed by atoms with E-state index in [0.29, 0.717) is 50.9 Å². The molecule has 37 heavy (non-hydrogen) atoms. The number of fused-ring (bicyclic) bond motifs is 1. The molecular weight excluding hydrogens is 492 g/mol. The molecule has 0 atom stereocenters. The first-order chi connectivity index (χ1) is 17.7. The molecule has 2 amide bonds. The summed E-state index contributed by atoms with van der Waals surface area (Å²) in [6, 6.07) is 6.16. The Labute approximate surface area is 221 Å². The molecule has 3 aliphatic rings. The highest BCUT2D eigenvalue weighted by molar-refractivity contribution is 7.88. The summed E-state index contributed by atoms with van der Waals surface area (Å²) in [4.78, 5) is 32.3. The highest BCUT2D eigenvalue weighted by Gasteiger charge is 2.29. The van der Waals surface area contributed by atoms with Gasteiger partial charge in [-0.1, -0.05) is 19.3 Å². The Morgan fingerprint density at radius 2 is 1.54 bits per heavy atom.